The maximum Gasteiger partial charge on any atom is 0.235 e. The summed E-state index contributed by atoms with van der Waals surface area (Å²) >= 11 is 0. The molecule has 0 unspecified atom stereocenters. The van der Waals surface area contributed by atoms with Gasteiger partial charge in [0.2, 0.25) is 5.91 Å². The molecule has 1 aromatic heterocycles. The first-order valence-corrected chi connectivity index (χ1v) is 8.69. The lowest BCUT2D eigenvalue weighted by Gasteiger charge is -2.36. The molecule has 0 radical (unpaired) electrons. The topological polar surface area (TPSA) is 43.3 Å². The maximum atomic E-state index is 13.3. The highest BCUT2D eigenvalue weighted by Gasteiger charge is 2.41. The molecule has 1 saturated heterocycles. The zero-order valence-electron chi connectivity index (χ0n) is 14.4. The SMILES string of the molecule is Cn1ccc2ccc(NC(=O)C3(c4ccccc4)CCOCC3)cc21. The lowest BCUT2D eigenvalue weighted by molar-refractivity contribution is -0.125. The van der Waals surface area contributed by atoms with Crippen molar-refractivity contribution >= 4 is 22.5 Å². The number of ether oxygens (including phenoxy) is 1. The first-order chi connectivity index (χ1) is 12.2. The molecular weight excluding hydrogens is 312 g/mol. The molecule has 3 aromatic rings. The van der Waals surface area contributed by atoms with E-state index >= 15 is 0 Å². The Balaban J connectivity index is 1.67. The lowest BCUT2D eigenvalue weighted by Crippen LogP contribution is -2.44. The number of carbonyl (C=O) groups is 1. The summed E-state index contributed by atoms with van der Waals surface area (Å²) in [5, 5.41) is 4.32. The highest BCUT2D eigenvalue weighted by atomic mass is 16.5. The van der Waals surface area contributed by atoms with Crippen LogP contribution in [0.4, 0.5) is 5.69 Å². The van der Waals surface area contributed by atoms with E-state index in [2.05, 4.69) is 16.0 Å². The minimum Gasteiger partial charge on any atom is -0.381 e. The molecule has 4 rings (SSSR count). The van der Waals surface area contributed by atoms with Crippen LogP contribution in [-0.4, -0.2) is 23.7 Å². The van der Waals surface area contributed by atoms with Crippen LogP contribution in [-0.2, 0) is 22.0 Å². The Morgan fingerprint density at radius 2 is 1.84 bits per heavy atom. The quantitative estimate of drug-likeness (QED) is 0.790. The number of amides is 1. The van der Waals surface area contributed by atoms with Crippen molar-refractivity contribution in [3.63, 3.8) is 0 Å². The summed E-state index contributed by atoms with van der Waals surface area (Å²) in [7, 11) is 2.01. The molecule has 0 spiro atoms. The van der Waals surface area contributed by atoms with Gasteiger partial charge in [-0.1, -0.05) is 36.4 Å². The third-order valence-corrected chi connectivity index (χ3v) is 5.25. The van der Waals surface area contributed by atoms with Crippen molar-refractivity contribution in [1.29, 1.82) is 0 Å². The van der Waals surface area contributed by atoms with E-state index in [1.165, 1.54) is 5.39 Å². The van der Waals surface area contributed by atoms with Gasteiger partial charge in [0.15, 0.2) is 0 Å². The number of aromatic nitrogens is 1. The summed E-state index contributed by atoms with van der Waals surface area (Å²) in [6.45, 7) is 1.22. The summed E-state index contributed by atoms with van der Waals surface area (Å²) in [4.78, 5) is 13.3. The average Bonchev–Trinajstić information content (AvgIpc) is 3.03. The predicted molar refractivity (Wildman–Crippen MR) is 99.7 cm³/mol. The van der Waals surface area contributed by atoms with Gasteiger partial charge in [0.25, 0.3) is 0 Å². The molecule has 0 saturated carbocycles. The zero-order chi connectivity index (χ0) is 17.3. The monoisotopic (exact) mass is 334 g/mol. The number of benzene rings is 2. The van der Waals surface area contributed by atoms with Crippen LogP contribution in [0.1, 0.15) is 18.4 Å². The van der Waals surface area contributed by atoms with Crippen molar-refractivity contribution in [2.75, 3.05) is 18.5 Å². The molecule has 1 aliphatic heterocycles. The minimum atomic E-state index is -0.525. The van der Waals surface area contributed by atoms with E-state index in [9.17, 15) is 4.79 Å². The van der Waals surface area contributed by atoms with E-state index in [0.717, 1.165) is 16.8 Å². The van der Waals surface area contributed by atoms with E-state index in [1.807, 2.05) is 61.8 Å². The fourth-order valence-electron chi connectivity index (χ4n) is 3.71. The molecule has 0 bridgehead atoms. The normalized spacial score (nSPS) is 16.7. The molecule has 1 N–H and O–H groups in total. The number of aryl methyl sites for hydroxylation is 1. The van der Waals surface area contributed by atoms with Gasteiger partial charge in [-0.3, -0.25) is 4.79 Å². The highest BCUT2D eigenvalue weighted by Crippen LogP contribution is 2.36. The molecule has 1 aliphatic rings. The van der Waals surface area contributed by atoms with Gasteiger partial charge in [-0.2, -0.15) is 0 Å². The van der Waals surface area contributed by atoms with Crippen molar-refractivity contribution in [2.24, 2.45) is 7.05 Å². The Morgan fingerprint density at radius 1 is 1.08 bits per heavy atom. The molecule has 0 aliphatic carbocycles. The molecule has 4 heteroatoms. The molecule has 2 aromatic carbocycles. The highest BCUT2D eigenvalue weighted by molar-refractivity contribution is 6.00. The van der Waals surface area contributed by atoms with Gasteiger partial charge < -0.3 is 14.6 Å². The van der Waals surface area contributed by atoms with Crippen molar-refractivity contribution in [3.8, 4) is 0 Å². The Hall–Kier alpha value is -2.59. The smallest absolute Gasteiger partial charge is 0.235 e. The first-order valence-electron chi connectivity index (χ1n) is 8.69. The van der Waals surface area contributed by atoms with Crippen LogP contribution in [0, 0.1) is 0 Å². The lowest BCUT2D eigenvalue weighted by atomic mass is 9.73. The minimum absolute atomic E-state index is 0.0514. The number of nitrogens with one attached hydrogen (secondary N) is 1. The first kappa shape index (κ1) is 15.9. The number of carbonyl (C=O) groups excluding carboxylic acids is 1. The second-order valence-electron chi connectivity index (χ2n) is 6.71. The van der Waals surface area contributed by atoms with Crippen LogP contribution < -0.4 is 5.32 Å². The van der Waals surface area contributed by atoms with Crippen LogP contribution in [0.3, 0.4) is 0 Å². The third-order valence-electron chi connectivity index (χ3n) is 5.25. The Kier molecular flexibility index (Phi) is 4.06. The van der Waals surface area contributed by atoms with Crippen LogP contribution in [0.15, 0.2) is 60.8 Å². The molecule has 25 heavy (non-hydrogen) atoms. The summed E-state index contributed by atoms with van der Waals surface area (Å²) < 4.78 is 7.59. The predicted octanol–water partition coefficient (Wildman–Crippen LogP) is 3.87. The molecule has 1 amide bonds. The number of hydrogen-bond acceptors (Lipinski definition) is 2. The van der Waals surface area contributed by atoms with Crippen LogP contribution in [0.2, 0.25) is 0 Å². The van der Waals surface area contributed by atoms with Crippen LogP contribution >= 0.6 is 0 Å². The number of anilines is 1. The Bertz CT molecular complexity index is 893. The second kappa shape index (κ2) is 6.37. The third kappa shape index (κ3) is 2.83. The van der Waals surface area contributed by atoms with Gasteiger partial charge in [0, 0.05) is 37.7 Å². The molecular formula is C21H22N2O2. The molecule has 2 heterocycles. The van der Waals surface area contributed by atoms with E-state index in [0.29, 0.717) is 26.1 Å². The van der Waals surface area contributed by atoms with Gasteiger partial charge in [-0.05, 0) is 42.0 Å². The van der Waals surface area contributed by atoms with E-state index in [-0.39, 0.29) is 5.91 Å². The summed E-state index contributed by atoms with van der Waals surface area (Å²) in [5.41, 5.74) is 2.48. The van der Waals surface area contributed by atoms with Gasteiger partial charge in [-0.15, -0.1) is 0 Å². The van der Waals surface area contributed by atoms with E-state index in [4.69, 9.17) is 4.74 Å². The fourth-order valence-corrected chi connectivity index (χ4v) is 3.71. The number of fused-ring (bicyclic) bond motifs is 1. The van der Waals surface area contributed by atoms with E-state index in [1.54, 1.807) is 0 Å². The molecule has 128 valence electrons. The summed E-state index contributed by atoms with van der Waals surface area (Å²) in [6.07, 6.45) is 3.44. The van der Waals surface area contributed by atoms with Crippen molar-refractivity contribution in [2.45, 2.75) is 18.3 Å². The van der Waals surface area contributed by atoms with Crippen LogP contribution in [0.25, 0.3) is 10.9 Å². The summed E-state index contributed by atoms with van der Waals surface area (Å²) in [5.74, 6) is 0.0514. The Morgan fingerprint density at radius 3 is 2.60 bits per heavy atom. The standard InChI is InChI=1S/C21H22N2O2/c1-23-12-9-16-7-8-18(15-19(16)23)22-20(24)21(10-13-25-14-11-21)17-5-3-2-4-6-17/h2-9,12,15H,10-11,13-14H2,1H3,(H,22,24). The van der Waals surface area contributed by atoms with E-state index < -0.39 is 5.41 Å². The molecule has 4 nitrogen and oxygen atoms in total. The summed E-state index contributed by atoms with van der Waals surface area (Å²) in [6, 6.07) is 18.2. The zero-order valence-corrected chi connectivity index (χ0v) is 14.4. The maximum absolute atomic E-state index is 13.3. The van der Waals surface area contributed by atoms with Gasteiger partial charge in [0.1, 0.15) is 0 Å². The largest absolute Gasteiger partial charge is 0.381 e. The van der Waals surface area contributed by atoms with Gasteiger partial charge >= 0.3 is 0 Å². The Labute approximate surface area is 147 Å². The van der Waals surface area contributed by atoms with Crippen molar-refractivity contribution in [1.82, 2.24) is 4.57 Å². The van der Waals surface area contributed by atoms with Gasteiger partial charge in [0.05, 0.1) is 5.41 Å². The fraction of sp³-hybridized carbons (Fsp3) is 0.286. The number of nitrogens with zero attached hydrogens (tertiary/aromatic N) is 1. The molecule has 0 atom stereocenters. The van der Waals surface area contributed by atoms with Crippen molar-refractivity contribution < 1.29 is 9.53 Å². The molecule has 1 fully saturated rings. The average molecular weight is 334 g/mol. The second-order valence-corrected chi connectivity index (χ2v) is 6.71. The number of hydrogen-bond donors (Lipinski definition) is 1. The van der Waals surface area contributed by atoms with Crippen LogP contribution in [0.5, 0.6) is 0 Å². The van der Waals surface area contributed by atoms with Crippen molar-refractivity contribution in [3.05, 3.63) is 66.4 Å². The number of rotatable bonds is 3. The van der Waals surface area contributed by atoms with Gasteiger partial charge in [-0.25, -0.2) is 0 Å².